The smallest absolute Gasteiger partial charge is 0.0546 e. The van der Waals surface area contributed by atoms with Crippen LogP contribution < -0.4 is 4.90 Å². The van der Waals surface area contributed by atoms with Gasteiger partial charge in [-0.2, -0.15) is 0 Å². The van der Waals surface area contributed by atoms with Gasteiger partial charge in [0.05, 0.1) is 5.69 Å². The summed E-state index contributed by atoms with van der Waals surface area (Å²) in [6.45, 7) is 9.48. The Bertz CT molecular complexity index is 2750. The average molecular weight is 706 g/mol. The van der Waals surface area contributed by atoms with E-state index in [1.807, 2.05) is 0 Å². The summed E-state index contributed by atoms with van der Waals surface area (Å²) in [4.78, 5) is 2.48. The molecule has 0 saturated carbocycles. The number of fused-ring (bicyclic) bond motifs is 6. The number of benzene rings is 8. The number of anilines is 3. The number of nitrogens with zero attached hydrogens (tertiary/aromatic N) is 1. The van der Waals surface area contributed by atoms with Crippen molar-refractivity contribution in [2.45, 2.75) is 38.5 Å². The molecule has 2 aliphatic carbocycles. The summed E-state index contributed by atoms with van der Waals surface area (Å²) in [6.07, 6.45) is 0. The van der Waals surface area contributed by atoms with E-state index in [2.05, 4.69) is 221 Å². The molecular formula is C54H43N. The zero-order valence-corrected chi connectivity index (χ0v) is 31.8. The summed E-state index contributed by atoms with van der Waals surface area (Å²) in [5, 5.41) is 0. The third-order valence-electron chi connectivity index (χ3n) is 12.3. The predicted molar refractivity (Wildman–Crippen MR) is 233 cm³/mol. The molecular weight excluding hydrogens is 663 g/mol. The highest BCUT2D eigenvalue weighted by Crippen LogP contribution is 2.54. The first-order valence-corrected chi connectivity index (χ1v) is 19.4. The molecule has 1 heteroatoms. The van der Waals surface area contributed by atoms with Crippen LogP contribution in [-0.4, -0.2) is 0 Å². The van der Waals surface area contributed by atoms with Gasteiger partial charge in [0.15, 0.2) is 0 Å². The molecule has 0 heterocycles. The van der Waals surface area contributed by atoms with Gasteiger partial charge in [-0.05, 0) is 109 Å². The largest absolute Gasteiger partial charge is 0.310 e. The fourth-order valence-electron chi connectivity index (χ4n) is 9.54. The second-order valence-corrected chi connectivity index (χ2v) is 16.1. The van der Waals surface area contributed by atoms with Crippen molar-refractivity contribution < 1.29 is 0 Å². The van der Waals surface area contributed by atoms with Gasteiger partial charge < -0.3 is 4.90 Å². The van der Waals surface area contributed by atoms with Crippen LogP contribution in [0.25, 0.3) is 55.6 Å². The van der Waals surface area contributed by atoms with Gasteiger partial charge in [0.25, 0.3) is 0 Å². The highest BCUT2D eigenvalue weighted by Gasteiger charge is 2.37. The van der Waals surface area contributed by atoms with Crippen LogP contribution in [0.1, 0.15) is 49.9 Å². The van der Waals surface area contributed by atoms with Crippen LogP contribution in [0, 0.1) is 0 Å². The lowest BCUT2D eigenvalue weighted by Crippen LogP contribution is -2.17. The number of rotatable bonds is 6. The molecule has 0 radical (unpaired) electrons. The molecule has 8 aromatic rings. The highest BCUT2D eigenvalue weighted by atomic mass is 15.1. The predicted octanol–water partition coefficient (Wildman–Crippen LogP) is 14.8. The van der Waals surface area contributed by atoms with Crippen molar-refractivity contribution in [1.82, 2.24) is 0 Å². The van der Waals surface area contributed by atoms with Crippen LogP contribution in [0.15, 0.2) is 188 Å². The molecule has 264 valence electrons. The average Bonchev–Trinajstić information content (AvgIpc) is 3.60. The van der Waals surface area contributed by atoms with E-state index in [-0.39, 0.29) is 10.8 Å². The van der Waals surface area contributed by atoms with Gasteiger partial charge in [0.2, 0.25) is 0 Å². The van der Waals surface area contributed by atoms with Gasteiger partial charge in [0, 0.05) is 27.8 Å². The normalized spacial score (nSPS) is 14.1. The number of para-hydroxylation sites is 1. The SMILES string of the molecule is CC1(C)c2ccccc2-c2ccc(-c3c(-c4ccccc4-c4ccccc4)cccc3N(c3ccccc3)c3ccc4c(c3)C(C)(C)c3ccccc3-4)cc21. The van der Waals surface area contributed by atoms with Crippen molar-refractivity contribution in [3.63, 3.8) is 0 Å². The van der Waals surface area contributed by atoms with Crippen LogP contribution in [0.2, 0.25) is 0 Å². The molecule has 0 bridgehead atoms. The Hall–Kier alpha value is -6.44. The summed E-state index contributed by atoms with van der Waals surface area (Å²) in [5.41, 5.74) is 21.3. The highest BCUT2D eigenvalue weighted by molar-refractivity contribution is 6.01. The van der Waals surface area contributed by atoms with Crippen molar-refractivity contribution in [1.29, 1.82) is 0 Å². The molecule has 0 atom stereocenters. The Morgan fingerprint density at radius 2 is 0.800 bits per heavy atom. The summed E-state index contributed by atoms with van der Waals surface area (Å²) < 4.78 is 0. The molecule has 0 aromatic heterocycles. The van der Waals surface area contributed by atoms with Crippen LogP contribution in [0.4, 0.5) is 17.1 Å². The standard InChI is InChI=1S/C54H43N/c1-53(2)47-27-15-13-24-42(47)44-32-30-37(34-49(44)53)52-46(41-23-12-11-22-40(41)36-18-7-5-8-19-36)26-17-29-51(52)55(38-20-9-6-10-21-38)39-31-33-45-43-25-14-16-28-48(43)54(3,4)50(45)35-39/h5-35H,1-4H3. The monoisotopic (exact) mass is 705 g/mol. The number of hydrogen-bond donors (Lipinski definition) is 0. The van der Waals surface area contributed by atoms with Gasteiger partial charge in [-0.15, -0.1) is 0 Å². The Morgan fingerprint density at radius 3 is 1.45 bits per heavy atom. The van der Waals surface area contributed by atoms with E-state index in [4.69, 9.17) is 0 Å². The fraction of sp³-hybridized carbons (Fsp3) is 0.111. The van der Waals surface area contributed by atoms with Gasteiger partial charge in [-0.25, -0.2) is 0 Å². The summed E-state index contributed by atoms with van der Waals surface area (Å²) in [6, 6.07) is 69.6. The van der Waals surface area contributed by atoms with Gasteiger partial charge >= 0.3 is 0 Å². The van der Waals surface area contributed by atoms with Crippen LogP contribution in [0.3, 0.4) is 0 Å². The molecule has 55 heavy (non-hydrogen) atoms. The molecule has 0 fully saturated rings. The Morgan fingerprint density at radius 1 is 0.309 bits per heavy atom. The Kier molecular flexibility index (Phi) is 7.58. The van der Waals surface area contributed by atoms with Crippen molar-refractivity contribution in [3.05, 3.63) is 210 Å². The minimum atomic E-state index is -0.126. The molecule has 0 amide bonds. The van der Waals surface area contributed by atoms with E-state index in [0.29, 0.717) is 0 Å². The molecule has 0 N–H and O–H groups in total. The maximum Gasteiger partial charge on any atom is 0.0546 e. The molecule has 0 saturated heterocycles. The number of hydrogen-bond acceptors (Lipinski definition) is 1. The Labute approximate surface area is 325 Å². The first kappa shape index (κ1) is 33.2. The molecule has 10 rings (SSSR count). The summed E-state index contributed by atoms with van der Waals surface area (Å²) in [7, 11) is 0. The van der Waals surface area contributed by atoms with E-state index in [9.17, 15) is 0 Å². The minimum absolute atomic E-state index is 0.121. The molecule has 8 aromatic carbocycles. The van der Waals surface area contributed by atoms with Crippen LogP contribution in [-0.2, 0) is 10.8 Å². The van der Waals surface area contributed by atoms with Gasteiger partial charge in [-0.1, -0.05) is 179 Å². The molecule has 0 spiro atoms. The molecule has 0 aliphatic heterocycles. The van der Waals surface area contributed by atoms with E-state index in [0.717, 1.165) is 17.1 Å². The van der Waals surface area contributed by atoms with Gasteiger partial charge in [-0.3, -0.25) is 0 Å². The van der Waals surface area contributed by atoms with E-state index in [1.54, 1.807) is 0 Å². The lowest BCUT2D eigenvalue weighted by molar-refractivity contribution is 0.660. The second kappa shape index (κ2) is 12.6. The lowest BCUT2D eigenvalue weighted by atomic mass is 9.80. The van der Waals surface area contributed by atoms with E-state index in [1.165, 1.54) is 77.9 Å². The zero-order valence-electron chi connectivity index (χ0n) is 31.8. The van der Waals surface area contributed by atoms with Crippen molar-refractivity contribution >= 4 is 17.1 Å². The van der Waals surface area contributed by atoms with E-state index >= 15 is 0 Å². The van der Waals surface area contributed by atoms with Crippen molar-refractivity contribution in [2.75, 3.05) is 4.90 Å². The van der Waals surface area contributed by atoms with Crippen molar-refractivity contribution in [3.8, 4) is 55.6 Å². The lowest BCUT2D eigenvalue weighted by Gasteiger charge is -2.31. The van der Waals surface area contributed by atoms with Crippen LogP contribution in [0.5, 0.6) is 0 Å². The third kappa shape index (κ3) is 5.14. The van der Waals surface area contributed by atoms with Crippen molar-refractivity contribution in [2.24, 2.45) is 0 Å². The first-order chi connectivity index (χ1) is 26.8. The third-order valence-corrected chi connectivity index (χ3v) is 12.3. The quantitative estimate of drug-likeness (QED) is 0.166. The minimum Gasteiger partial charge on any atom is -0.310 e. The van der Waals surface area contributed by atoms with E-state index < -0.39 is 0 Å². The Balaban J connectivity index is 1.26. The zero-order chi connectivity index (χ0) is 37.3. The second-order valence-electron chi connectivity index (χ2n) is 16.1. The molecule has 0 unspecified atom stereocenters. The van der Waals surface area contributed by atoms with Gasteiger partial charge in [0.1, 0.15) is 0 Å². The topological polar surface area (TPSA) is 3.24 Å². The fourth-order valence-corrected chi connectivity index (χ4v) is 9.54. The molecule has 2 aliphatic rings. The van der Waals surface area contributed by atoms with Crippen LogP contribution >= 0.6 is 0 Å². The summed E-state index contributed by atoms with van der Waals surface area (Å²) >= 11 is 0. The maximum absolute atomic E-state index is 2.48. The first-order valence-electron chi connectivity index (χ1n) is 19.4. The molecule has 1 nitrogen and oxygen atoms in total. The maximum atomic E-state index is 2.48. The summed E-state index contributed by atoms with van der Waals surface area (Å²) in [5.74, 6) is 0.